The zero-order valence-corrected chi connectivity index (χ0v) is 9.61. The van der Waals surface area contributed by atoms with Crippen LogP contribution in [0.4, 0.5) is 5.82 Å². The Morgan fingerprint density at radius 3 is 2.69 bits per heavy atom. The quantitative estimate of drug-likeness (QED) is 0.507. The van der Waals surface area contributed by atoms with E-state index in [4.69, 9.17) is 17.3 Å². The molecule has 1 atom stereocenters. The van der Waals surface area contributed by atoms with Crippen molar-refractivity contribution in [2.45, 2.75) is 6.23 Å². The number of halogens is 1. The summed E-state index contributed by atoms with van der Waals surface area (Å²) in [5, 5.41) is 12.8. The molecular weight excluding hydrogens is 228 g/mol. The molecular formula is C10H15ClN4O. The van der Waals surface area contributed by atoms with Gasteiger partial charge >= 0.3 is 0 Å². The van der Waals surface area contributed by atoms with E-state index in [9.17, 15) is 5.11 Å². The third kappa shape index (κ3) is 2.44. The first kappa shape index (κ1) is 11.6. The highest BCUT2D eigenvalue weighted by Crippen LogP contribution is 2.22. The van der Waals surface area contributed by atoms with Crippen LogP contribution in [0.2, 0.25) is 5.15 Å². The van der Waals surface area contributed by atoms with Gasteiger partial charge in [0.05, 0.1) is 0 Å². The first-order valence-corrected chi connectivity index (χ1v) is 5.62. The average molecular weight is 243 g/mol. The summed E-state index contributed by atoms with van der Waals surface area (Å²) in [6.07, 6.45) is -1.07. The number of rotatable bonds is 2. The van der Waals surface area contributed by atoms with Crippen LogP contribution in [0.15, 0.2) is 12.1 Å². The fraction of sp³-hybridized carbons (Fsp3) is 0.500. The Balaban J connectivity index is 2.19. The number of aliphatic hydroxyl groups excluding tert-OH is 1. The van der Waals surface area contributed by atoms with Crippen LogP contribution in [0.25, 0.3) is 0 Å². The van der Waals surface area contributed by atoms with Crippen molar-refractivity contribution in [3.63, 3.8) is 0 Å². The van der Waals surface area contributed by atoms with Gasteiger partial charge in [-0.05, 0) is 12.1 Å². The predicted molar refractivity (Wildman–Crippen MR) is 63.5 cm³/mol. The topological polar surface area (TPSA) is 74.4 Å². The molecule has 1 aromatic heterocycles. The highest BCUT2D eigenvalue weighted by molar-refractivity contribution is 6.30. The highest BCUT2D eigenvalue weighted by Gasteiger charge is 2.14. The predicted octanol–water partition coefficient (Wildman–Crippen LogP) is 0.0942. The van der Waals surface area contributed by atoms with E-state index in [-0.39, 0.29) is 5.15 Å². The number of nitrogens with zero attached hydrogens (tertiary/aromatic N) is 2. The second kappa shape index (κ2) is 4.97. The van der Waals surface area contributed by atoms with Crippen molar-refractivity contribution in [3.05, 3.63) is 22.8 Å². The number of pyridine rings is 1. The van der Waals surface area contributed by atoms with Gasteiger partial charge in [-0.1, -0.05) is 11.6 Å². The lowest BCUT2D eigenvalue weighted by atomic mass is 10.2. The van der Waals surface area contributed by atoms with E-state index in [2.05, 4.69) is 15.2 Å². The minimum atomic E-state index is -1.07. The van der Waals surface area contributed by atoms with Crippen molar-refractivity contribution >= 4 is 17.4 Å². The minimum absolute atomic E-state index is 0.269. The fourth-order valence-electron chi connectivity index (χ4n) is 1.73. The second-order valence-corrected chi connectivity index (χ2v) is 4.09. The molecule has 2 heterocycles. The third-order valence-electron chi connectivity index (χ3n) is 2.62. The first-order valence-electron chi connectivity index (χ1n) is 5.24. The maximum absolute atomic E-state index is 9.24. The molecule has 1 unspecified atom stereocenters. The molecule has 0 amide bonds. The van der Waals surface area contributed by atoms with Crippen molar-refractivity contribution in [2.75, 3.05) is 31.1 Å². The van der Waals surface area contributed by atoms with E-state index < -0.39 is 6.23 Å². The lowest BCUT2D eigenvalue weighted by molar-refractivity contribution is 0.186. The Kier molecular flexibility index (Phi) is 3.60. The van der Waals surface area contributed by atoms with Gasteiger partial charge in [0.25, 0.3) is 0 Å². The summed E-state index contributed by atoms with van der Waals surface area (Å²) in [6.45, 7) is 3.71. The van der Waals surface area contributed by atoms with Gasteiger partial charge in [0.2, 0.25) is 0 Å². The Bertz CT molecular complexity index is 366. The molecule has 0 saturated carbocycles. The van der Waals surface area contributed by atoms with E-state index in [0.29, 0.717) is 5.56 Å². The van der Waals surface area contributed by atoms with E-state index in [1.807, 2.05) is 6.07 Å². The minimum Gasteiger partial charge on any atom is -0.374 e. The molecule has 6 heteroatoms. The maximum atomic E-state index is 9.24. The van der Waals surface area contributed by atoms with Gasteiger partial charge in [0, 0.05) is 31.7 Å². The van der Waals surface area contributed by atoms with Crippen LogP contribution in [0.5, 0.6) is 0 Å². The molecule has 0 aromatic carbocycles. The van der Waals surface area contributed by atoms with Crippen molar-refractivity contribution in [3.8, 4) is 0 Å². The number of hydrogen-bond donors (Lipinski definition) is 3. The number of aromatic nitrogens is 1. The molecule has 0 bridgehead atoms. The normalized spacial score (nSPS) is 18.6. The monoisotopic (exact) mass is 242 g/mol. The number of nitrogens with one attached hydrogen (secondary N) is 1. The standard InChI is InChI=1S/C10H15ClN4O/c11-9-7(10(12)16)1-2-8(14-9)15-5-3-13-4-6-15/h1-2,10,13,16H,3-6,12H2. The molecule has 2 rings (SSSR count). The summed E-state index contributed by atoms with van der Waals surface area (Å²) in [4.78, 5) is 6.39. The molecule has 16 heavy (non-hydrogen) atoms. The molecule has 0 radical (unpaired) electrons. The van der Waals surface area contributed by atoms with Gasteiger partial charge < -0.3 is 21.1 Å². The SMILES string of the molecule is NC(O)c1ccc(N2CCNCC2)nc1Cl. The van der Waals surface area contributed by atoms with Crippen LogP contribution in [-0.2, 0) is 0 Å². The Morgan fingerprint density at radius 2 is 2.12 bits per heavy atom. The van der Waals surface area contributed by atoms with E-state index in [1.54, 1.807) is 6.07 Å². The zero-order chi connectivity index (χ0) is 11.5. The van der Waals surface area contributed by atoms with Gasteiger partial charge in [0.15, 0.2) is 0 Å². The Morgan fingerprint density at radius 1 is 1.44 bits per heavy atom. The largest absolute Gasteiger partial charge is 0.374 e. The lowest BCUT2D eigenvalue weighted by Gasteiger charge is -2.28. The molecule has 88 valence electrons. The number of anilines is 1. The van der Waals surface area contributed by atoms with Crippen LogP contribution in [0.3, 0.4) is 0 Å². The lowest BCUT2D eigenvalue weighted by Crippen LogP contribution is -2.43. The number of aliphatic hydroxyl groups is 1. The van der Waals surface area contributed by atoms with Gasteiger partial charge in [-0.15, -0.1) is 0 Å². The van der Waals surface area contributed by atoms with Crippen molar-refractivity contribution in [1.82, 2.24) is 10.3 Å². The third-order valence-corrected chi connectivity index (χ3v) is 2.93. The molecule has 5 nitrogen and oxygen atoms in total. The number of nitrogens with two attached hydrogens (primary N) is 1. The summed E-state index contributed by atoms with van der Waals surface area (Å²) < 4.78 is 0. The molecule has 1 fully saturated rings. The summed E-state index contributed by atoms with van der Waals surface area (Å²) in [6, 6.07) is 3.56. The number of piperazine rings is 1. The van der Waals surface area contributed by atoms with Crippen LogP contribution >= 0.6 is 11.6 Å². The summed E-state index contributed by atoms with van der Waals surface area (Å²) >= 11 is 5.95. The summed E-state index contributed by atoms with van der Waals surface area (Å²) in [7, 11) is 0. The van der Waals surface area contributed by atoms with Crippen molar-refractivity contribution < 1.29 is 5.11 Å². The summed E-state index contributed by atoms with van der Waals surface area (Å²) in [5.41, 5.74) is 5.81. The highest BCUT2D eigenvalue weighted by atomic mass is 35.5. The smallest absolute Gasteiger partial charge is 0.138 e. The first-order chi connectivity index (χ1) is 7.68. The summed E-state index contributed by atoms with van der Waals surface area (Å²) in [5.74, 6) is 0.830. The van der Waals surface area contributed by atoms with E-state index in [0.717, 1.165) is 32.0 Å². The number of hydrogen-bond acceptors (Lipinski definition) is 5. The van der Waals surface area contributed by atoms with Gasteiger partial charge in [-0.3, -0.25) is 0 Å². The molecule has 0 spiro atoms. The van der Waals surface area contributed by atoms with Gasteiger partial charge in [0.1, 0.15) is 17.2 Å². The zero-order valence-electron chi connectivity index (χ0n) is 8.86. The molecule has 1 aliphatic heterocycles. The van der Waals surface area contributed by atoms with Gasteiger partial charge in [-0.25, -0.2) is 4.98 Å². The van der Waals surface area contributed by atoms with Crippen molar-refractivity contribution in [1.29, 1.82) is 0 Å². The Hall–Kier alpha value is -0.880. The van der Waals surface area contributed by atoms with Crippen LogP contribution < -0.4 is 16.0 Å². The van der Waals surface area contributed by atoms with Crippen LogP contribution in [0.1, 0.15) is 11.8 Å². The maximum Gasteiger partial charge on any atom is 0.138 e. The second-order valence-electron chi connectivity index (χ2n) is 3.73. The molecule has 1 aromatic rings. The molecule has 1 saturated heterocycles. The van der Waals surface area contributed by atoms with Crippen LogP contribution in [0, 0.1) is 0 Å². The van der Waals surface area contributed by atoms with Gasteiger partial charge in [-0.2, -0.15) is 0 Å². The van der Waals surface area contributed by atoms with Crippen molar-refractivity contribution in [2.24, 2.45) is 5.73 Å². The molecule has 4 N–H and O–H groups in total. The fourth-order valence-corrected chi connectivity index (χ4v) is 1.99. The molecule has 0 aliphatic carbocycles. The Labute approximate surface area is 99.2 Å². The molecule has 1 aliphatic rings. The van der Waals surface area contributed by atoms with E-state index in [1.165, 1.54) is 0 Å². The average Bonchev–Trinajstić information content (AvgIpc) is 2.29. The van der Waals surface area contributed by atoms with E-state index >= 15 is 0 Å². The van der Waals surface area contributed by atoms with Crippen LogP contribution in [-0.4, -0.2) is 36.3 Å².